The van der Waals surface area contributed by atoms with Gasteiger partial charge in [0, 0.05) is 16.5 Å². The SMILES string of the molecule is Cc1cc(C)n(CC(=O)NNC(=O)CSCc2ccccc2Cl)n1. The quantitative estimate of drug-likeness (QED) is 0.769. The maximum atomic E-state index is 11.8. The molecule has 0 aliphatic heterocycles. The van der Waals surface area contributed by atoms with Gasteiger partial charge < -0.3 is 0 Å². The topological polar surface area (TPSA) is 76.0 Å². The Kier molecular flexibility index (Phi) is 6.69. The molecule has 0 saturated heterocycles. The number of hydrogen-bond donors (Lipinski definition) is 2. The lowest BCUT2D eigenvalue weighted by Gasteiger charge is -2.08. The van der Waals surface area contributed by atoms with E-state index >= 15 is 0 Å². The minimum absolute atomic E-state index is 0.0622. The van der Waals surface area contributed by atoms with Gasteiger partial charge in [0.2, 0.25) is 5.91 Å². The first kappa shape index (κ1) is 18.4. The van der Waals surface area contributed by atoms with E-state index in [4.69, 9.17) is 11.6 Å². The first-order chi connectivity index (χ1) is 11.5. The van der Waals surface area contributed by atoms with Crippen molar-refractivity contribution in [1.82, 2.24) is 20.6 Å². The average molecular weight is 367 g/mol. The minimum Gasteiger partial charge on any atom is -0.272 e. The summed E-state index contributed by atoms with van der Waals surface area (Å²) < 4.78 is 1.59. The minimum atomic E-state index is -0.328. The maximum absolute atomic E-state index is 11.8. The largest absolute Gasteiger partial charge is 0.272 e. The van der Waals surface area contributed by atoms with Crippen LogP contribution in [-0.4, -0.2) is 27.3 Å². The monoisotopic (exact) mass is 366 g/mol. The molecule has 0 unspecified atom stereocenters. The van der Waals surface area contributed by atoms with Crippen molar-refractivity contribution in [3.63, 3.8) is 0 Å². The lowest BCUT2D eigenvalue weighted by Crippen LogP contribution is -2.44. The molecule has 1 heterocycles. The Bertz CT molecular complexity index is 733. The van der Waals surface area contributed by atoms with Gasteiger partial charge in [-0.05, 0) is 31.5 Å². The van der Waals surface area contributed by atoms with Crippen molar-refractivity contribution in [3.05, 3.63) is 52.3 Å². The summed E-state index contributed by atoms with van der Waals surface area (Å²) in [6.07, 6.45) is 0. The fraction of sp³-hybridized carbons (Fsp3) is 0.312. The van der Waals surface area contributed by atoms with Crippen molar-refractivity contribution in [2.24, 2.45) is 0 Å². The normalized spacial score (nSPS) is 10.5. The smallest absolute Gasteiger partial charge is 0.260 e. The van der Waals surface area contributed by atoms with Crippen molar-refractivity contribution >= 4 is 35.2 Å². The van der Waals surface area contributed by atoms with Gasteiger partial charge in [-0.3, -0.25) is 25.1 Å². The predicted molar refractivity (Wildman–Crippen MR) is 95.6 cm³/mol. The molecular formula is C16H19ClN4O2S. The average Bonchev–Trinajstić information content (AvgIpc) is 2.85. The first-order valence-electron chi connectivity index (χ1n) is 7.35. The Balaban J connectivity index is 1.68. The number of benzene rings is 1. The fourth-order valence-electron chi connectivity index (χ4n) is 2.06. The Morgan fingerprint density at radius 2 is 1.92 bits per heavy atom. The van der Waals surface area contributed by atoms with Gasteiger partial charge in [0.15, 0.2) is 0 Å². The van der Waals surface area contributed by atoms with Crippen LogP contribution in [-0.2, 0) is 21.9 Å². The van der Waals surface area contributed by atoms with Gasteiger partial charge in [0.25, 0.3) is 5.91 Å². The summed E-state index contributed by atoms with van der Waals surface area (Å²) in [5.41, 5.74) is 7.50. The highest BCUT2D eigenvalue weighted by atomic mass is 35.5. The maximum Gasteiger partial charge on any atom is 0.260 e. The standard InChI is InChI=1S/C16H19ClN4O2S/c1-11-7-12(2)21(20-11)8-15(22)18-19-16(23)10-24-9-13-5-3-4-6-14(13)17/h3-7H,8-10H2,1-2H3,(H,18,22)(H,19,23). The van der Waals surface area contributed by atoms with E-state index in [1.54, 1.807) is 4.68 Å². The highest BCUT2D eigenvalue weighted by Gasteiger charge is 2.09. The van der Waals surface area contributed by atoms with Gasteiger partial charge in [0.05, 0.1) is 11.4 Å². The molecule has 0 aliphatic rings. The van der Waals surface area contributed by atoms with Gasteiger partial charge >= 0.3 is 0 Å². The zero-order chi connectivity index (χ0) is 17.5. The number of thioether (sulfide) groups is 1. The highest BCUT2D eigenvalue weighted by Crippen LogP contribution is 2.20. The van der Waals surface area contributed by atoms with Crippen molar-refractivity contribution in [1.29, 1.82) is 0 Å². The highest BCUT2D eigenvalue weighted by molar-refractivity contribution is 7.99. The molecule has 2 N–H and O–H groups in total. The van der Waals surface area contributed by atoms with E-state index in [0.717, 1.165) is 17.0 Å². The van der Waals surface area contributed by atoms with Crippen LogP contribution in [0.5, 0.6) is 0 Å². The summed E-state index contributed by atoms with van der Waals surface area (Å²) in [5, 5.41) is 4.88. The summed E-state index contributed by atoms with van der Waals surface area (Å²) >= 11 is 7.48. The number of hydrogen-bond acceptors (Lipinski definition) is 4. The van der Waals surface area contributed by atoms with Crippen LogP contribution in [0.3, 0.4) is 0 Å². The molecule has 6 nitrogen and oxygen atoms in total. The van der Waals surface area contributed by atoms with E-state index in [9.17, 15) is 9.59 Å². The molecule has 0 aliphatic carbocycles. The van der Waals surface area contributed by atoms with E-state index in [-0.39, 0.29) is 24.1 Å². The van der Waals surface area contributed by atoms with Gasteiger partial charge in [-0.1, -0.05) is 29.8 Å². The molecule has 8 heteroatoms. The summed E-state index contributed by atoms with van der Waals surface area (Å²) in [4.78, 5) is 23.6. The Morgan fingerprint density at radius 3 is 2.58 bits per heavy atom. The molecule has 2 amide bonds. The molecule has 0 radical (unpaired) electrons. The zero-order valence-corrected chi connectivity index (χ0v) is 15.1. The molecule has 128 valence electrons. The van der Waals surface area contributed by atoms with Crippen LogP contribution in [0.4, 0.5) is 0 Å². The van der Waals surface area contributed by atoms with Crippen LogP contribution in [0.1, 0.15) is 17.0 Å². The number of aromatic nitrogens is 2. The molecular weight excluding hydrogens is 348 g/mol. The van der Waals surface area contributed by atoms with E-state index in [2.05, 4.69) is 16.0 Å². The van der Waals surface area contributed by atoms with Gasteiger partial charge in [0.1, 0.15) is 6.54 Å². The summed E-state index contributed by atoms with van der Waals surface area (Å²) in [6.45, 7) is 3.79. The molecule has 2 aromatic rings. The summed E-state index contributed by atoms with van der Waals surface area (Å²) in [6, 6.07) is 9.39. The number of hydrazine groups is 1. The molecule has 24 heavy (non-hydrogen) atoms. The molecule has 0 saturated carbocycles. The third kappa shape index (κ3) is 5.58. The number of rotatable bonds is 6. The predicted octanol–water partition coefficient (Wildman–Crippen LogP) is 2.23. The second-order valence-corrected chi connectivity index (χ2v) is 6.66. The molecule has 1 aromatic carbocycles. The van der Waals surface area contributed by atoms with Crippen LogP contribution >= 0.6 is 23.4 Å². The number of carbonyl (C=O) groups excluding carboxylic acids is 2. The van der Waals surface area contributed by atoms with Crippen molar-refractivity contribution in [2.45, 2.75) is 26.1 Å². The number of halogens is 1. The van der Waals surface area contributed by atoms with Crippen molar-refractivity contribution in [3.8, 4) is 0 Å². The molecule has 0 spiro atoms. The van der Waals surface area contributed by atoms with Gasteiger partial charge in [-0.25, -0.2) is 0 Å². The number of nitrogens with zero attached hydrogens (tertiary/aromatic N) is 2. The van der Waals surface area contributed by atoms with E-state index in [1.165, 1.54) is 11.8 Å². The van der Waals surface area contributed by atoms with E-state index in [1.807, 2.05) is 44.2 Å². The molecule has 1 aromatic heterocycles. The third-order valence-electron chi connectivity index (χ3n) is 3.19. The Hall–Kier alpha value is -1.99. The third-order valence-corrected chi connectivity index (χ3v) is 4.54. The van der Waals surface area contributed by atoms with Gasteiger partial charge in [-0.2, -0.15) is 5.10 Å². The number of aryl methyl sites for hydroxylation is 2. The van der Waals surface area contributed by atoms with Crippen LogP contribution in [0.2, 0.25) is 5.02 Å². The van der Waals surface area contributed by atoms with Crippen LogP contribution in [0, 0.1) is 13.8 Å². The van der Waals surface area contributed by atoms with Crippen molar-refractivity contribution < 1.29 is 9.59 Å². The van der Waals surface area contributed by atoms with E-state index < -0.39 is 0 Å². The fourth-order valence-corrected chi connectivity index (χ4v) is 3.17. The lowest BCUT2D eigenvalue weighted by molar-refractivity contribution is -0.128. The molecule has 0 fully saturated rings. The molecule has 0 bridgehead atoms. The van der Waals surface area contributed by atoms with Crippen molar-refractivity contribution in [2.75, 3.05) is 5.75 Å². The summed E-state index contributed by atoms with van der Waals surface area (Å²) in [5.74, 6) is 0.262. The lowest BCUT2D eigenvalue weighted by atomic mass is 10.2. The molecule has 2 rings (SSSR count). The second kappa shape index (κ2) is 8.75. The Labute approximate surface area is 149 Å². The van der Waals surface area contributed by atoms with Crippen LogP contribution in [0.15, 0.2) is 30.3 Å². The van der Waals surface area contributed by atoms with E-state index in [0.29, 0.717) is 10.8 Å². The number of amides is 2. The number of nitrogens with one attached hydrogen (secondary N) is 2. The van der Waals surface area contributed by atoms with Gasteiger partial charge in [-0.15, -0.1) is 11.8 Å². The number of carbonyl (C=O) groups is 2. The first-order valence-corrected chi connectivity index (χ1v) is 8.89. The Morgan fingerprint density at radius 1 is 1.21 bits per heavy atom. The summed E-state index contributed by atoms with van der Waals surface area (Å²) in [7, 11) is 0. The zero-order valence-electron chi connectivity index (χ0n) is 13.5. The van der Waals surface area contributed by atoms with Crippen LogP contribution < -0.4 is 10.9 Å². The second-order valence-electron chi connectivity index (χ2n) is 5.27. The molecule has 0 atom stereocenters. The van der Waals surface area contributed by atoms with Crippen LogP contribution in [0.25, 0.3) is 0 Å².